The van der Waals surface area contributed by atoms with Crippen LogP contribution >= 0.6 is 0 Å². The fourth-order valence-corrected chi connectivity index (χ4v) is 0.872. The number of hydrogen-bond donors (Lipinski definition) is 0. The smallest absolute Gasteiger partial charge is 0.214 e. The highest BCUT2D eigenvalue weighted by molar-refractivity contribution is 7.95. The molecular formula is C8H7NO2S. The molecule has 0 bridgehead atoms. The zero-order valence-electron chi connectivity index (χ0n) is 6.48. The van der Waals surface area contributed by atoms with Crippen LogP contribution in [0.3, 0.4) is 0 Å². The van der Waals surface area contributed by atoms with Crippen LogP contribution in [-0.2, 0) is 9.84 Å². The van der Waals surface area contributed by atoms with Crippen LogP contribution in [0.1, 0.15) is 5.69 Å². The molecule has 1 rings (SSSR count). The van der Waals surface area contributed by atoms with Crippen molar-refractivity contribution in [3.05, 3.63) is 30.1 Å². The van der Waals surface area contributed by atoms with Crippen molar-refractivity contribution in [2.45, 2.75) is 0 Å². The van der Waals surface area contributed by atoms with Crippen molar-refractivity contribution in [2.75, 3.05) is 6.26 Å². The van der Waals surface area contributed by atoms with E-state index >= 15 is 0 Å². The van der Waals surface area contributed by atoms with Crippen LogP contribution in [0.25, 0.3) is 0 Å². The molecule has 3 nitrogen and oxygen atoms in total. The second kappa shape index (κ2) is 3.37. The Labute approximate surface area is 71.4 Å². The van der Waals surface area contributed by atoms with Gasteiger partial charge in [0.05, 0.1) is 6.26 Å². The highest BCUT2D eigenvalue weighted by Gasteiger charge is 1.91. The van der Waals surface area contributed by atoms with E-state index in [0.717, 1.165) is 6.26 Å². The van der Waals surface area contributed by atoms with Crippen LogP contribution in [0, 0.1) is 11.2 Å². The minimum absolute atomic E-state index is 0.461. The molecule has 1 heterocycles. The number of nitrogens with zero attached hydrogens (tertiary/aromatic N) is 1. The molecule has 1 aromatic rings. The quantitative estimate of drug-likeness (QED) is 0.545. The van der Waals surface area contributed by atoms with Crippen molar-refractivity contribution in [2.24, 2.45) is 0 Å². The molecule has 0 saturated carbocycles. The first kappa shape index (κ1) is 8.75. The summed E-state index contributed by atoms with van der Waals surface area (Å²) in [6.45, 7) is 0. The first-order chi connectivity index (χ1) is 5.58. The Hall–Kier alpha value is -1.34. The van der Waals surface area contributed by atoms with Gasteiger partial charge in [0.1, 0.15) is 5.69 Å². The molecule has 0 aromatic carbocycles. The van der Waals surface area contributed by atoms with Gasteiger partial charge in [0.15, 0.2) is 0 Å². The predicted octanol–water partition coefficient (Wildman–Crippen LogP) is 0.435. The van der Waals surface area contributed by atoms with Crippen LogP contribution in [-0.4, -0.2) is 19.7 Å². The van der Waals surface area contributed by atoms with E-state index in [1.54, 1.807) is 24.4 Å². The minimum atomic E-state index is -3.22. The molecule has 0 saturated heterocycles. The van der Waals surface area contributed by atoms with Gasteiger partial charge in [-0.15, -0.1) is 0 Å². The predicted molar refractivity (Wildman–Crippen MR) is 46.0 cm³/mol. The third-order valence-corrected chi connectivity index (χ3v) is 1.50. The van der Waals surface area contributed by atoms with Crippen LogP contribution in [0.2, 0.25) is 0 Å². The van der Waals surface area contributed by atoms with E-state index in [0.29, 0.717) is 5.69 Å². The molecule has 0 unspecified atom stereocenters. The number of rotatable bonds is 0. The molecule has 0 atom stereocenters. The van der Waals surface area contributed by atoms with Gasteiger partial charge in [0.25, 0.3) is 0 Å². The van der Waals surface area contributed by atoms with Gasteiger partial charge in [0.2, 0.25) is 9.84 Å². The highest BCUT2D eigenvalue weighted by Crippen LogP contribution is 1.89. The van der Waals surface area contributed by atoms with Crippen molar-refractivity contribution in [3.8, 4) is 11.2 Å². The molecule has 4 heteroatoms. The summed E-state index contributed by atoms with van der Waals surface area (Å²) >= 11 is 0. The Balaban J connectivity index is 2.96. The fourth-order valence-electron chi connectivity index (χ4n) is 0.582. The molecule has 0 fully saturated rings. The van der Waals surface area contributed by atoms with E-state index in [1.807, 2.05) is 0 Å². The maximum Gasteiger partial charge on any atom is 0.214 e. The number of sulfone groups is 1. The fraction of sp³-hybridized carbons (Fsp3) is 0.125. The summed E-state index contributed by atoms with van der Waals surface area (Å²) in [5.74, 6) is 2.44. The Kier molecular flexibility index (Phi) is 2.46. The van der Waals surface area contributed by atoms with E-state index in [-0.39, 0.29) is 0 Å². The Morgan fingerprint density at radius 3 is 2.67 bits per heavy atom. The minimum Gasteiger partial charge on any atom is -0.248 e. The second-order valence-corrected chi connectivity index (χ2v) is 3.96. The van der Waals surface area contributed by atoms with Gasteiger partial charge in [0, 0.05) is 11.4 Å². The molecule has 1 aromatic heterocycles. The van der Waals surface area contributed by atoms with Gasteiger partial charge >= 0.3 is 0 Å². The summed E-state index contributed by atoms with van der Waals surface area (Å²) in [6, 6.07) is 5.14. The third kappa shape index (κ3) is 3.17. The van der Waals surface area contributed by atoms with Gasteiger partial charge < -0.3 is 0 Å². The number of aromatic nitrogens is 1. The molecule has 0 N–H and O–H groups in total. The summed E-state index contributed by atoms with van der Waals surface area (Å²) in [7, 11) is -3.22. The van der Waals surface area contributed by atoms with E-state index in [2.05, 4.69) is 16.2 Å². The zero-order chi connectivity index (χ0) is 9.03. The van der Waals surface area contributed by atoms with E-state index in [9.17, 15) is 8.42 Å². The van der Waals surface area contributed by atoms with E-state index in [1.165, 1.54) is 0 Å². The van der Waals surface area contributed by atoms with E-state index < -0.39 is 9.84 Å². The lowest BCUT2D eigenvalue weighted by Gasteiger charge is -1.84. The molecule has 0 spiro atoms. The van der Waals surface area contributed by atoms with Crippen LogP contribution in [0.15, 0.2) is 24.4 Å². The molecule has 0 radical (unpaired) electrons. The molecule has 0 aliphatic heterocycles. The Morgan fingerprint density at radius 2 is 2.17 bits per heavy atom. The van der Waals surface area contributed by atoms with Gasteiger partial charge in [-0.1, -0.05) is 6.07 Å². The van der Waals surface area contributed by atoms with Crippen LogP contribution in [0.4, 0.5) is 0 Å². The van der Waals surface area contributed by atoms with Crippen molar-refractivity contribution in [1.29, 1.82) is 0 Å². The van der Waals surface area contributed by atoms with Gasteiger partial charge in [-0.2, -0.15) is 0 Å². The van der Waals surface area contributed by atoms with Gasteiger partial charge in [-0.05, 0) is 18.1 Å². The van der Waals surface area contributed by atoms with Crippen LogP contribution in [0.5, 0.6) is 0 Å². The third-order valence-electron chi connectivity index (χ3n) is 1.03. The normalized spacial score (nSPS) is 10.1. The number of hydrogen-bond acceptors (Lipinski definition) is 3. The van der Waals surface area contributed by atoms with E-state index in [4.69, 9.17) is 0 Å². The lowest BCUT2D eigenvalue weighted by molar-refractivity contribution is 0.611. The van der Waals surface area contributed by atoms with Crippen molar-refractivity contribution in [1.82, 2.24) is 4.98 Å². The SMILES string of the molecule is CS(=O)(=O)C#Cc1ccccn1. The average Bonchev–Trinajstić information content (AvgIpc) is 2.02. The molecule has 62 valence electrons. The van der Waals surface area contributed by atoms with Gasteiger partial charge in [-0.25, -0.2) is 13.4 Å². The Morgan fingerprint density at radius 1 is 1.42 bits per heavy atom. The summed E-state index contributed by atoms with van der Waals surface area (Å²) in [4.78, 5) is 3.84. The molecular weight excluding hydrogens is 174 g/mol. The Bertz CT molecular complexity index is 411. The molecule has 0 amide bonds. The molecule has 12 heavy (non-hydrogen) atoms. The summed E-state index contributed by atoms with van der Waals surface area (Å²) in [5, 5.41) is 2.10. The lowest BCUT2D eigenvalue weighted by atomic mass is 10.4. The second-order valence-electron chi connectivity index (χ2n) is 2.21. The zero-order valence-corrected chi connectivity index (χ0v) is 7.30. The monoisotopic (exact) mass is 181 g/mol. The first-order valence-electron chi connectivity index (χ1n) is 3.22. The standard InChI is InChI=1S/C8H7NO2S/c1-12(10,11)7-5-8-4-2-3-6-9-8/h2-4,6H,1H3. The molecule has 0 aliphatic rings. The first-order valence-corrected chi connectivity index (χ1v) is 5.11. The maximum absolute atomic E-state index is 10.6. The van der Waals surface area contributed by atoms with Crippen molar-refractivity contribution >= 4 is 9.84 Å². The largest absolute Gasteiger partial charge is 0.248 e. The van der Waals surface area contributed by atoms with Crippen molar-refractivity contribution in [3.63, 3.8) is 0 Å². The maximum atomic E-state index is 10.6. The topological polar surface area (TPSA) is 47.0 Å². The van der Waals surface area contributed by atoms with Crippen molar-refractivity contribution < 1.29 is 8.42 Å². The number of pyridine rings is 1. The summed E-state index contributed by atoms with van der Waals surface area (Å²) < 4.78 is 21.2. The van der Waals surface area contributed by atoms with Gasteiger partial charge in [-0.3, -0.25) is 0 Å². The summed E-state index contributed by atoms with van der Waals surface area (Å²) in [5.41, 5.74) is 0.461. The average molecular weight is 181 g/mol. The highest BCUT2D eigenvalue weighted by atomic mass is 32.2. The molecule has 0 aliphatic carbocycles. The lowest BCUT2D eigenvalue weighted by Crippen LogP contribution is -1.89. The van der Waals surface area contributed by atoms with Crippen LogP contribution < -0.4 is 0 Å². The summed E-state index contributed by atoms with van der Waals surface area (Å²) in [6.07, 6.45) is 2.62.